The van der Waals surface area contributed by atoms with E-state index in [9.17, 15) is 4.79 Å². The number of amides is 1. The number of rotatable bonds is 4. The van der Waals surface area contributed by atoms with Crippen molar-refractivity contribution in [3.05, 3.63) is 34.4 Å². The maximum atomic E-state index is 11.3. The van der Waals surface area contributed by atoms with Crippen molar-refractivity contribution in [3.8, 4) is 0 Å². The highest BCUT2D eigenvalue weighted by Crippen LogP contribution is 2.15. The fourth-order valence-electron chi connectivity index (χ4n) is 1.90. The highest BCUT2D eigenvalue weighted by Gasteiger charge is 2.05. The largest absolute Gasteiger partial charge is 0.352 e. The third kappa shape index (κ3) is 3.35. The van der Waals surface area contributed by atoms with Crippen LogP contribution in [0.1, 0.15) is 28.7 Å². The van der Waals surface area contributed by atoms with Gasteiger partial charge in [0.25, 0.3) is 0 Å². The van der Waals surface area contributed by atoms with E-state index in [4.69, 9.17) is 5.73 Å². The molecule has 16 heavy (non-hydrogen) atoms. The summed E-state index contributed by atoms with van der Waals surface area (Å²) in [5.74, 6) is 0.0156. The van der Waals surface area contributed by atoms with Gasteiger partial charge in [0.1, 0.15) is 0 Å². The first kappa shape index (κ1) is 12.7. The Morgan fingerprint density at radius 3 is 2.31 bits per heavy atom. The summed E-state index contributed by atoms with van der Waals surface area (Å²) in [5, 5.41) is 2.88. The average Bonchev–Trinajstić information content (AvgIpc) is 2.16. The van der Waals surface area contributed by atoms with Crippen LogP contribution in [0.15, 0.2) is 12.1 Å². The molecule has 0 aliphatic heterocycles. The van der Waals surface area contributed by atoms with Gasteiger partial charge in [-0.25, -0.2) is 0 Å². The second-order valence-electron chi connectivity index (χ2n) is 4.19. The van der Waals surface area contributed by atoms with E-state index in [1.54, 1.807) is 0 Å². The highest BCUT2D eigenvalue weighted by atomic mass is 16.1. The molecule has 0 saturated carbocycles. The van der Waals surface area contributed by atoms with Crippen LogP contribution < -0.4 is 11.1 Å². The minimum absolute atomic E-state index is 0.0156. The van der Waals surface area contributed by atoms with E-state index in [0.717, 1.165) is 0 Å². The molecule has 0 spiro atoms. The van der Waals surface area contributed by atoms with Crippen LogP contribution in [0.3, 0.4) is 0 Å². The molecular weight excluding hydrogens is 200 g/mol. The third-order valence-corrected chi connectivity index (χ3v) is 2.67. The molecule has 1 aromatic rings. The van der Waals surface area contributed by atoms with E-state index < -0.39 is 0 Å². The summed E-state index contributed by atoms with van der Waals surface area (Å²) < 4.78 is 0. The van der Waals surface area contributed by atoms with Gasteiger partial charge in [0.2, 0.25) is 5.91 Å². The standard InChI is InChI=1S/C13H20N2O/c1-9-6-10(2)12(11(3)7-9)8-15-13(16)4-5-14/h6-7H,4-5,8,14H2,1-3H3,(H,15,16). The average molecular weight is 220 g/mol. The molecule has 0 aliphatic carbocycles. The van der Waals surface area contributed by atoms with Crippen LogP contribution in [-0.2, 0) is 11.3 Å². The van der Waals surface area contributed by atoms with Gasteiger partial charge >= 0.3 is 0 Å². The maximum Gasteiger partial charge on any atom is 0.221 e. The molecule has 1 aromatic carbocycles. The van der Waals surface area contributed by atoms with Crippen LogP contribution in [0.2, 0.25) is 0 Å². The fraction of sp³-hybridized carbons (Fsp3) is 0.462. The van der Waals surface area contributed by atoms with Crippen LogP contribution in [-0.4, -0.2) is 12.5 Å². The molecule has 0 heterocycles. The summed E-state index contributed by atoms with van der Waals surface area (Å²) in [6.07, 6.45) is 0.393. The van der Waals surface area contributed by atoms with Crippen molar-refractivity contribution >= 4 is 5.91 Å². The molecule has 0 unspecified atom stereocenters. The quantitative estimate of drug-likeness (QED) is 0.809. The minimum Gasteiger partial charge on any atom is -0.352 e. The molecule has 0 aliphatic rings. The van der Waals surface area contributed by atoms with E-state index in [-0.39, 0.29) is 5.91 Å². The van der Waals surface area contributed by atoms with Crippen molar-refractivity contribution in [1.82, 2.24) is 5.32 Å². The molecule has 1 amide bonds. The zero-order chi connectivity index (χ0) is 12.1. The Morgan fingerprint density at radius 1 is 1.25 bits per heavy atom. The Balaban J connectivity index is 2.70. The summed E-state index contributed by atoms with van der Waals surface area (Å²) in [7, 11) is 0. The van der Waals surface area contributed by atoms with Crippen molar-refractivity contribution < 1.29 is 4.79 Å². The Kier molecular flexibility index (Phi) is 4.50. The summed E-state index contributed by atoms with van der Waals surface area (Å²) in [4.78, 5) is 11.3. The van der Waals surface area contributed by atoms with Crippen molar-refractivity contribution in [2.45, 2.75) is 33.7 Å². The predicted octanol–water partition coefficient (Wildman–Crippen LogP) is 1.58. The number of hydrogen-bond acceptors (Lipinski definition) is 2. The molecule has 0 aromatic heterocycles. The van der Waals surface area contributed by atoms with Gasteiger partial charge in [-0.1, -0.05) is 17.7 Å². The molecule has 0 fully saturated rings. The van der Waals surface area contributed by atoms with Crippen LogP contribution in [0, 0.1) is 20.8 Å². The lowest BCUT2D eigenvalue weighted by atomic mass is 10.00. The normalized spacial score (nSPS) is 10.2. The van der Waals surface area contributed by atoms with E-state index in [2.05, 4.69) is 38.2 Å². The van der Waals surface area contributed by atoms with E-state index in [1.807, 2.05) is 0 Å². The maximum absolute atomic E-state index is 11.3. The molecule has 0 bridgehead atoms. The smallest absolute Gasteiger partial charge is 0.221 e. The Hall–Kier alpha value is -1.35. The molecule has 3 heteroatoms. The highest BCUT2D eigenvalue weighted by molar-refractivity contribution is 5.76. The van der Waals surface area contributed by atoms with Gasteiger partial charge in [-0.15, -0.1) is 0 Å². The molecule has 0 saturated heterocycles. The first-order chi connectivity index (χ1) is 7.54. The van der Waals surface area contributed by atoms with Crippen LogP contribution >= 0.6 is 0 Å². The van der Waals surface area contributed by atoms with Crippen molar-refractivity contribution in [2.24, 2.45) is 5.73 Å². The van der Waals surface area contributed by atoms with Gasteiger partial charge in [-0.3, -0.25) is 4.79 Å². The first-order valence-corrected chi connectivity index (χ1v) is 5.58. The lowest BCUT2D eigenvalue weighted by molar-refractivity contribution is -0.121. The summed E-state index contributed by atoms with van der Waals surface area (Å²) in [6.45, 7) is 7.22. The second-order valence-corrected chi connectivity index (χ2v) is 4.19. The third-order valence-electron chi connectivity index (χ3n) is 2.67. The Bertz CT molecular complexity index is 363. The van der Waals surface area contributed by atoms with Gasteiger partial charge in [0, 0.05) is 19.5 Å². The van der Waals surface area contributed by atoms with Gasteiger partial charge in [0.15, 0.2) is 0 Å². The fourth-order valence-corrected chi connectivity index (χ4v) is 1.90. The lowest BCUT2D eigenvalue weighted by Crippen LogP contribution is -2.25. The Morgan fingerprint density at radius 2 is 1.81 bits per heavy atom. The van der Waals surface area contributed by atoms with E-state index in [0.29, 0.717) is 19.5 Å². The molecule has 0 atom stereocenters. The van der Waals surface area contributed by atoms with Crippen molar-refractivity contribution in [3.63, 3.8) is 0 Å². The molecule has 3 nitrogen and oxygen atoms in total. The van der Waals surface area contributed by atoms with Gasteiger partial charge in [-0.2, -0.15) is 0 Å². The van der Waals surface area contributed by atoms with E-state index in [1.165, 1.54) is 22.3 Å². The lowest BCUT2D eigenvalue weighted by Gasteiger charge is -2.12. The predicted molar refractivity (Wildman–Crippen MR) is 66.2 cm³/mol. The first-order valence-electron chi connectivity index (χ1n) is 5.58. The summed E-state index contributed by atoms with van der Waals surface area (Å²) in [6, 6.07) is 4.27. The number of nitrogens with two attached hydrogens (primary N) is 1. The van der Waals surface area contributed by atoms with Crippen LogP contribution in [0.4, 0.5) is 0 Å². The Labute approximate surface area is 97.0 Å². The molecular formula is C13H20N2O. The second kappa shape index (κ2) is 5.66. The molecule has 0 radical (unpaired) electrons. The number of benzene rings is 1. The SMILES string of the molecule is Cc1cc(C)c(CNC(=O)CCN)c(C)c1. The molecule has 3 N–H and O–H groups in total. The minimum atomic E-state index is 0.0156. The van der Waals surface area contributed by atoms with Gasteiger partial charge in [0.05, 0.1) is 0 Å². The number of carbonyl (C=O) groups is 1. The zero-order valence-electron chi connectivity index (χ0n) is 10.3. The number of carbonyl (C=O) groups excluding carboxylic acids is 1. The number of hydrogen-bond donors (Lipinski definition) is 2. The number of aryl methyl sites for hydroxylation is 3. The zero-order valence-corrected chi connectivity index (χ0v) is 10.3. The van der Waals surface area contributed by atoms with Crippen LogP contribution in [0.5, 0.6) is 0 Å². The summed E-state index contributed by atoms with van der Waals surface area (Å²) in [5.41, 5.74) is 10.2. The van der Waals surface area contributed by atoms with E-state index >= 15 is 0 Å². The molecule has 88 valence electrons. The van der Waals surface area contributed by atoms with Crippen molar-refractivity contribution in [2.75, 3.05) is 6.54 Å². The summed E-state index contributed by atoms with van der Waals surface area (Å²) >= 11 is 0. The molecule has 1 rings (SSSR count). The van der Waals surface area contributed by atoms with Gasteiger partial charge < -0.3 is 11.1 Å². The topological polar surface area (TPSA) is 55.1 Å². The monoisotopic (exact) mass is 220 g/mol. The van der Waals surface area contributed by atoms with Crippen molar-refractivity contribution in [1.29, 1.82) is 0 Å². The van der Waals surface area contributed by atoms with Crippen LogP contribution in [0.25, 0.3) is 0 Å². The van der Waals surface area contributed by atoms with Gasteiger partial charge in [-0.05, 0) is 37.5 Å². The number of nitrogens with one attached hydrogen (secondary N) is 1.